The van der Waals surface area contributed by atoms with Crippen LogP contribution in [0.4, 0.5) is 10.5 Å². The van der Waals surface area contributed by atoms with Gasteiger partial charge in [-0.25, -0.2) is 4.79 Å². The Morgan fingerprint density at radius 2 is 1.88 bits per heavy atom. The van der Waals surface area contributed by atoms with Gasteiger partial charge < -0.3 is 10.5 Å². The first-order valence-corrected chi connectivity index (χ1v) is 5.67. The van der Waals surface area contributed by atoms with E-state index >= 15 is 0 Å². The Morgan fingerprint density at radius 3 is 2.29 bits per heavy atom. The van der Waals surface area contributed by atoms with Gasteiger partial charge in [-0.05, 0) is 38.1 Å². The van der Waals surface area contributed by atoms with Gasteiger partial charge in [0.05, 0.1) is 6.10 Å². The van der Waals surface area contributed by atoms with Gasteiger partial charge in [0.1, 0.15) is 4.99 Å². The summed E-state index contributed by atoms with van der Waals surface area (Å²) in [4.78, 5) is 13.4. The van der Waals surface area contributed by atoms with Crippen molar-refractivity contribution in [2.45, 2.75) is 20.0 Å². The quantitative estimate of drug-likeness (QED) is 0.839. The molecule has 1 rings (SSSR count). The molecule has 2 N–H and O–H groups in total. The van der Waals surface area contributed by atoms with E-state index in [0.29, 0.717) is 4.99 Å². The molecule has 4 nitrogen and oxygen atoms in total. The van der Waals surface area contributed by atoms with Gasteiger partial charge in [-0.15, -0.1) is 0 Å². The standard InChI is InChI=1S/C12H16N2O2S/c1-8(2)16-12(15)14(3)10-6-4-9(5-7-10)11(13)17/h4-8H,1-3H3,(H2,13,17). The van der Waals surface area contributed by atoms with Crippen LogP contribution in [-0.2, 0) is 4.74 Å². The average molecular weight is 252 g/mol. The number of hydrogen-bond donors (Lipinski definition) is 1. The molecule has 1 aromatic rings. The van der Waals surface area contributed by atoms with Gasteiger partial charge in [-0.2, -0.15) is 0 Å². The lowest BCUT2D eigenvalue weighted by Gasteiger charge is -2.18. The number of anilines is 1. The Morgan fingerprint density at radius 1 is 1.35 bits per heavy atom. The molecule has 0 atom stereocenters. The summed E-state index contributed by atoms with van der Waals surface area (Å²) in [6.45, 7) is 3.61. The largest absolute Gasteiger partial charge is 0.446 e. The summed E-state index contributed by atoms with van der Waals surface area (Å²) in [5.41, 5.74) is 7.00. The summed E-state index contributed by atoms with van der Waals surface area (Å²) in [5.74, 6) is 0. The summed E-state index contributed by atoms with van der Waals surface area (Å²) < 4.78 is 5.08. The smallest absolute Gasteiger partial charge is 0.414 e. The lowest BCUT2D eigenvalue weighted by Crippen LogP contribution is -2.29. The number of carbonyl (C=O) groups excluding carboxylic acids is 1. The summed E-state index contributed by atoms with van der Waals surface area (Å²) in [5, 5.41) is 0. The molecule has 1 amide bonds. The lowest BCUT2D eigenvalue weighted by atomic mass is 10.2. The zero-order chi connectivity index (χ0) is 13.0. The Hall–Kier alpha value is -1.62. The van der Waals surface area contributed by atoms with Crippen molar-refractivity contribution in [3.8, 4) is 0 Å². The Balaban J connectivity index is 2.79. The van der Waals surface area contributed by atoms with Gasteiger partial charge in [0, 0.05) is 18.3 Å². The second-order valence-corrected chi connectivity index (χ2v) is 4.34. The van der Waals surface area contributed by atoms with E-state index in [1.165, 1.54) is 4.90 Å². The third-order valence-corrected chi connectivity index (χ3v) is 2.39. The molecule has 0 bridgehead atoms. The van der Waals surface area contributed by atoms with Crippen molar-refractivity contribution in [1.29, 1.82) is 0 Å². The second kappa shape index (κ2) is 5.63. The van der Waals surface area contributed by atoms with Crippen molar-refractivity contribution in [3.63, 3.8) is 0 Å². The first-order valence-electron chi connectivity index (χ1n) is 5.26. The van der Waals surface area contributed by atoms with Crippen LogP contribution in [0.1, 0.15) is 19.4 Å². The number of hydrogen-bond acceptors (Lipinski definition) is 3. The van der Waals surface area contributed by atoms with Crippen LogP contribution in [0.5, 0.6) is 0 Å². The van der Waals surface area contributed by atoms with Crippen LogP contribution in [-0.4, -0.2) is 24.2 Å². The monoisotopic (exact) mass is 252 g/mol. The van der Waals surface area contributed by atoms with Gasteiger partial charge in [0.15, 0.2) is 0 Å². The molecule has 0 radical (unpaired) electrons. The van der Waals surface area contributed by atoms with E-state index in [9.17, 15) is 4.79 Å². The van der Waals surface area contributed by atoms with E-state index in [4.69, 9.17) is 22.7 Å². The molecule has 0 unspecified atom stereocenters. The first-order chi connectivity index (χ1) is 7.91. The minimum absolute atomic E-state index is 0.138. The summed E-state index contributed by atoms with van der Waals surface area (Å²) in [6, 6.07) is 7.10. The molecule has 0 aliphatic carbocycles. The number of carbonyl (C=O) groups is 1. The van der Waals surface area contributed by atoms with E-state index in [0.717, 1.165) is 11.3 Å². The minimum atomic E-state index is -0.386. The SMILES string of the molecule is CC(C)OC(=O)N(C)c1ccc(C(N)=S)cc1. The van der Waals surface area contributed by atoms with Crippen LogP contribution in [0.3, 0.4) is 0 Å². The first kappa shape index (κ1) is 13.4. The number of nitrogens with two attached hydrogens (primary N) is 1. The van der Waals surface area contributed by atoms with Crippen molar-refractivity contribution in [2.24, 2.45) is 5.73 Å². The number of ether oxygens (including phenoxy) is 1. The lowest BCUT2D eigenvalue weighted by molar-refractivity contribution is 0.124. The highest BCUT2D eigenvalue weighted by Crippen LogP contribution is 2.15. The summed E-state index contributed by atoms with van der Waals surface area (Å²) >= 11 is 4.85. The molecular formula is C12H16N2O2S. The van der Waals surface area contributed by atoms with E-state index in [2.05, 4.69) is 0 Å². The van der Waals surface area contributed by atoms with Crippen LogP contribution >= 0.6 is 12.2 Å². The molecule has 0 fully saturated rings. The van der Waals surface area contributed by atoms with E-state index < -0.39 is 0 Å². The molecule has 0 aliphatic heterocycles. The molecule has 0 aromatic heterocycles. The number of nitrogens with zero attached hydrogens (tertiary/aromatic N) is 1. The van der Waals surface area contributed by atoms with Crippen molar-refractivity contribution < 1.29 is 9.53 Å². The zero-order valence-corrected chi connectivity index (χ0v) is 11.0. The highest BCUT2D eigenvalue weighted by Gasteiger charge is 2.13. The van der Waals surface area contributed by atoms with Crippen molar-refractivity contribution in [1.82, 2.24) is 0 Å². The third-order valence-electron chi connectivity index (χ3n) is 2.15. The maximum Gasteiger partial charge on any atom is 0.414 e. The molecule has 1 aromatic carbocycles. The van der Waals surface area contributed by atoms with Crippen LogP contribution < -0.4 is 10.6 Å². The molecule has 0 saturated carbocycles. The fraction of sp³-hybridized carbons (Fsp3) is 0.333. The van der Waals surface area contributed by atoms with Crippen LogP contribution in [0, 0.1) is 0 Å². The van der Waals surface area contributed by atoms with Gasteiger partial charge in [-0.3, -0.25) is 4.90 Å². The van der Waals surface area contributed by atoms with Crippen LogP contribution in [0.15, 0.2) is 24.3 Å². The summed E-state index contributed by atoms with van der Waals surface area (Å²) in [6.07, 6.45) is -0.524. The van der Waals surface area contributed by atoms with Gasteiger partial charge in [-0.1, -0.05) is 12.2 Å². The van der Waals surface area contributed by atoms with E-state index in [-0.39, 0.29) is 12.2 Å². The number of thiocarbonyl (C=S) groups is 1. The zero-order valence-electron chi connectivity index (χ0n) is 10.1. The number of benzene rings is 1. The third kappa shape index (κ3) is 3.71. The fourth-order valence-electron chi connectivity index (χ4n) is 1.24. The summed E-state index contributed by atoms with van der Waals surface area (Å²) in [7, 11) is 1.65. The molecule has 92 valence electrons. The van der Waals surface area contributed by atoms with Crippen molar-refractivity contribution in [2.75, 3.05) is 11.9 Å². The van der Waals surface area contributed by atoms with E-state index in [1.807, 2.05) is 13.8 Å². The molecule has 0 saturated heterocycles. The maximum atomic E-state index is 11.6. The van der Waals surface area contributed by atoms with Crippen LogP contribution in [0.2, 0.25) is 0 Å². The van der Waals surface area contributed by atoms with Crippen molar-refractivity contribution >= 4 is 29.0 Å². The maximum absolute atomic E-state index is 11.6. The molecule has 0 heterocycles. The number of amides is 1. The highest BCUT2D eigenvalue weighted by molar-refractivity contribution is 7.80. The van der Waals surface area contributed by atoms with Gasteiger partial charge >= 0.3 is 6.09 Å². The normalized spacial score (nSPS) is 10.1. The topological polar surface area (TPSA) is 55.6 Å². The highest BCUT2D eigenvalue weighted by atomic mass is 32.1. The molecule has 0 spiro atoms. The minimum Gasteiger partial charge on any atom is -0.446 e. The predicted octanol–water partition coefficient (Wildman–Crippen LogP) is 2.30. The Labute approximate surface area is 106 Å². The Kier molecular flexibility index (Phi) is 4.45. The second-order valence-electron chi connectivity index (χ2n) is 3.90. The van der Waals surface area contributed by atoms with Crippen LogP contribution in [0.25, 0.3) is 0 Å². The predicted molar refractivity (Wildman–Crippen MR) is 72.3 cm³/mol. The molecular weight excluding hydrogens is 236 g/mol. The van der Waals surface area contributed by atoms with Gasteiger partial charge in [0.25, 0.3) is 0 Å². The molecule has 17 heavy (non-hydrogen) atoms. The van der Waals surface area contributed by atoms with Gasteiger partial charge in [0.2, 0.25) is 0 Å². The van der Waals surface area contributed by atoms with Crippen molar-refractivity contribution in [3.05, 3.63) is 29.8 Å². The molecule has 0 aliphatic rings. The van der Waals surface area contributed by atoms with E-state index in [1.54, 1.807) is 31.3 Å². The molecule has 5 heteroatoms. The Bertz CT molecular complexity index is 415. The average Bonchev–Trinajstić information content (AvgIpc) is 2.27. The number of rotatable bonds is 3. The fourth-order valence-corrected chi connectivity index (χ4v) is 1.37.